The second-order valence-electron chi connectivity index (χ2n) is 5.36. The molecule has 0 spiro atoms. The van der Waals surface area contributed by atoms with E-state index in [1.54, 1.807) is 18.3 Å². The van der Waals surface area contributed by atoms with E-state index in [0.29, 0.717) is 5.69 Å². The van der Waals surface area contributed by atoms with Crippen molar-refractivity contribution in [2.75, 3.05) is 11.8 Å². The van der Waals surface area contributed by atoms with Crippen LogP contribution in [0, 0.1) is 5.82 Å². The molecule has 0 fully saturated rings. The highest BCUT2D eigenvalue weighted by Crippen LogP contribution is 2.41. The minimum absolute atomic E-state index is 0.0727. The Labute approximate surface area is 150 Å². The average molecular weight is 403 g/mol. The van der Waals surface area contributed by atoms with Crippen LogP contribution in [0.25, 0.3) is 11.4 Å². The first-order chi connectivity index (χ1) is 12.2. The van der Waals surface area contributed by atoms with E-state index in [-0.39, 0.29) is 16.7 Å². The summed E-state index contributed by atoms with van der Waals surface area (Å²) in [6.45, 7) is 1.36. The predicted octanol–water partition coefficient (Wildman–Crippen LogP) is 4.20. The van der Waals surface area contributed by atoms with Gasteiger partial charge < -0.3 is 9.61 Å². The Morgan fingerprint density at radius 3 is 2.65 bits per heavy atom. The number of benzene rings is 1. The highest BCUT2D eigenvalue weighted by Gasteiger charge is 2.36. The first kappa shape index (κ1) is 18.4. The quantitative estimate of drug-likeness (QED) is 0.509. The van der Waals surface area contributed by atoms with E-state index >= 15 is 0 Å². The molecule has 3 rings (SSSR count). The van der Waals surface area contributed by atoms with Gasteiger partial charge in [0.15, 0.2) is 7.29 Å². The molecule has 136 valence electrons. The molecule has 0 saturated heterocycles. The number of alkyl halides is 3. The Morgan fingerprint density at radius 2 is 2.08 bits per heavy atom. The van der Waals surface area contributed by atoms with Gasteiger partial charge in [-0.05, 0) is 35.9 Å². The number of hydrogen-bond acceptors (Lipinski definition) is 5. The normalized spacial score (nSPS) is 14.0. The molecule has 0 bridgehead atoms. The van der Waals surface area contributed by atoms with Crippen LogP contribution in [-0.4, -0.2) is 21.8 Å². The lowest BCUT2D eigenvalue weighted by molar-refractivity contribution is 0.0551. The van der Waals surface area contributed by atoms with Gasteiger partial charge in [0.05, 0.1) is 17.2 Å². The van der Waals surface area contributed by atoms with Crippen molar-refractivity contribution in [3.8, 4) is 11.4 Å². The summed E-state index contributed by atoms with van der Waals surface area (Å²) in [5, 5.41) is 2.19. The molecule has 6 nitrogen and oxygen atoms in total. The maximum absolute atomic E-state index is 14.5. The monoisotopic (exact) mass is 402 g/mol. The molecule has 2 heterocycles. The molecule has 11 heteroatoms. The maximum Gasteiger partial charge on any atom is 0.400 e. The molecule has 0 radical (unpaired) electrons. The lowest BCUT2D eigenvalue weighted by atomic mass is 10.2. The van der Waals surface area contributed by atoms with Crippen LogP contribution >= 0.6 is 18.9 Å². The van der Waals surface area contributed by atoms with E-state index in [9.17, 15) is 17.7 Å². The van der Waals surface area contributed by atoms with Crippen LogP contribution in [0.15, 0.2) is 47.2 Å². The van der Waals surface area contributed by atoms with Gasteiger partial charge >= 0.3 is 11.3 Å². The standard InChI is InChI=1S/C15H11ClF3N4O2P/c1-26(24,23-10-3-2-6-20-8-10)12-5-4-9(7-11(12)17)13-21-14(25-22-13)15(16,18)19/h2-8H,1H3,(H,23,24). The number of nitrogens with zero attached hydrogens (tertiary/aromatic N) is 3. The Balaban J connectivity index is 1.90. The SMILES string of the molecule is CP(=O)(Nc1cccnc1)c1ccc(-c2noc(C(F)(F)Cl)n2)cc1F. The average Bonchev–Trinajstić information content (AvgIpc) is 3.05. The zero-order chi connectivity index (χ0) is 18.9. The van der Waals surface area contributed by atoms with Crippen LogP contribution in [0.5, 0.6) is 0 Å². The number of halogens is 4. The van der Waals surface area contributed by atoms with Gasteiger partial charge in [-0.1, -0.05) is 11.2 Å². The fourth-order valence-electron chi connectivity index (χ4n) is 2.18. The van der Waals surface area contributed by atoms with E-state index in [2.05, 4.69) is 24.7 Å². The van der Waals surface area contributed by atoms with Crippen molar-refractivity contribution in [1.29, 1.82) is 0 Å². The molecular formula is C15H11ClF3N4O2P. The lowest BCUT2D eigenvalue weighted by Crippen LogP contribution is -2.15. The Morgan fingerprint density at radius 1 is 1.31 bits per heavy atom. The number of anilines is 1. The third-order valence-corrected chi connectivity index (χ3v) is 5.47. The summed E-state index contributed by atoms with van der Waals surface area (Å²) in [6.07, 6.45) is 3.00. The van der Waals surface area contributed by atoms with E-state index in [1.165, 1.54) is 25.0 Å². The van der Waals surface area contributed by atoms with Crippen molar-refractivity contribution in [2.45, 2.75) is 5.38 Å². The summed E-state index contributed by atoms with van der Waals surface area (Å²) in [7, 11) is -3.31. The van der Waals surface area contributed by atoms with Gasteiger partial charge in [-0.25, -0.2) is 4.39 Å². The fraction of sp³-hybridized carbons (Fsp3) is 0.133. The molecule has 0 amide bonds. The highest BCUT2D eigenvalue weighted by molar-refractivity contribution is 7.72. The molecule has 0 saturated carbocycles. The zero-order valence-corrected chi connectivity index (χ0v) is 14.8. The molecule has 3 aromatic rings. The Bertz CT molecular complexity index is 979. The van der Waals surface area contributed by atoms with Crippen molar-refractivity contribution in [3.05, 3.63) is 54.4 Å². The fourth-order valence-corrected chi connectivity index (χ4v) is 3.84. The van der Waals surface area contributed by atoms with Gasteiger partial charge in [-0.15, -0.1) is 0 Å². The molecule has 0 aliphatic heterocycles. The van der Waals surface area contributed by atoms with E-state index in [0.717, 1.165) is 6.07 Å². The molecular weight excluding hydrogens is 392 g/mol. The van der Waals surface area contributed by atoms with Crippen molar-refractivity contribution in [2.24, 2.45) is 0 Å². The smallest absolute Gasteiger partial charge is 0.332 e. The topological polar surface area (TPSA) is 80.9 Å². The summed E-state index contributed by atoms with van der Waals surface area (Å²) in [5.41, 5.74) is 0.539. The number of hydrogen-bond donors (Lipinski definition) is 1. The summed E-state index contributed by atoms with van der Waals surface area (Å²) in [6, 6.07) is 6.88. The van der Waals surface area contributed by atoms with Crippen molar-refractivity contribution >= 4 is 29.9 Å². The third-order valence-electron chi connectivity index (χ3n) is 3.34. The van der Waals surface area contributed by atoms with Crippen LogP contribution in [0.4, 0.5) is 18.9 Å². The van der Waals surface area contributed by atoms with Crippen molar-refractivity contribution in [1.82, 2.24) is 15.1 Å². The molecule has 0 aliphatic carbocycles. The molecule has 2 aromatic heterocycles. The van der Waals surface area contributed by atoms with Crippen LogP contribution in [-0.2, 0) is 9.95 Å². The Kier molecular flexibility index (Phi) is 4.77. The summed E-state index contributed by atoms with van der Waals surface area (Å²) >= 11 is 4.80. The summed E-state index contributed by atoms with van der Waals surface area (Å²) < 4.78 is 57.6. The van der Waals surface area contributed by atoms with Gasteiger partial charge in [-0.2, -0.15) is 13.8 Å². The molecule has 1 atom stereocenters. The minimum atomic E-state index is -3.82. The summed E-state index contributed by atoms with van der Waals surface area (Å²) in [4.78, 5) is 7.32. The minimum Gasteiger partial charge on any atom is -0.332 e. The van der Waals surface area contributed by atoms with Crippen LogP contribution in [0.2, 0.25) is 0 Å². The van der Waals surface area contributed by atoms with Gasteiger partial charge in [0.2, 0.25) is 5.82 Å². The van der Waals surface area contributed by atoms with Gasteiger partial charge in [-0.3, -0.25) is 9.55 Å². The molecule has 0 aliphatic rings. The molecule has 1 N–H and O–H groups in total. The number of nitrogens with one attached hydrogen (secondary N) is 1. The van der Waals surface area contributed by atoms with Crippen LogP contribution in [0.1, 0.15) is 5.89 Å². The second kappa shape index (κ2) is 6.74. The largest absolute Gasteiger partial charge is 0.400 e. The van der Waals surface area contributed by atoms with E-state index in [4.69, 9.17) is 11.6 Å². The second-order valence-corrected chi connectivity index (χ2v) is 8.39. The van der Waals surface area contributed by atoms with Gasteiger partial charge in [0.1, 0.15) is 5.82 Å². The third kappa shape index (κ3) is 3.89. The summed E-state index contributed by atoms with van der Waals surface area (Å²) in [5.74, 6) is -2.18. The molecule has 1 unspecified atom stereocenters. The van der Waals surface area contributed by atoms with Crippen molar-refractivity contribution < 1.29 is 22.3 Å². The van der Waals surface area contributed by atoms with E-state index in [1.807, 2.05) is 0 Å². The molecule has 1 aromatic carbocycles. The number of aromatic nitrogens is 3. The maximum atomic E-state index is 14.5. The number of rotatable bonds is 5. The first-order valence-electron chi connectivity index (χ1n) is 7.14. The van der Waals surface area contributed by atoms with Crippen molar-refractivity contribution in [3.63, 3.8) is 0 Å². The lowest BCUT2D eigenvalue weighted by Gasteiger charge is -2.17. The molecule has 26 heavy (non-hydrogen) atoms. The van der Waals surface area contributed by atoms with E-state index < -0.39 is 24.4 Å². The van der Waals surface area contributed by atoms with Crippen LogP contribution < -0.4 is 10.4 Å². The van der Waals surface area contributed by atoms with Gasteiger partial charge in [0.25, 0.3) is 0 Å². The first-order valence-corrected chi connectivity index (χ1v) is 9.67. The zero-order valence-electron chi connectivity index (χ0n) is 13.2. The number of pyridine rings is 1. The van der Waals surface area contributed by atoms with Crippen LogP contribution in [0.3, 0.4) is 0 Å². The van der Waals surface area contributed by atoms with Gasteiger partial charge in [0, 0.05) is 18.4 Å². The highest BCUT2D eigenvalue weighted by atomic mass is 35.5. The Hall–Kier alpha value is -2.38. The predicted molar refractivity (Wildman–Crippen MR) is 90.5 cm³/mol.